The number of aliphatic hydroxyl groups is 3. The zero-order valence-electron chi connectivity index (χ0n) is 23.0. The molecular weight excluding hydrogens is 490 g/mol. The third kappa shape index (κ3) is 5.22. The topological polar surface area (TPSA) is 164 Å². The van der Waals surface area contributed by atoms with Crippen LogP contribution in [0, 0.1) is 46.3 Å². The van der Waals surface area contributed by atoms with Crippen LogP contribution in [0.15, 0.2) is 0 Å². The summed E-state index contributed by atoms with van der Waals surface area (Å²) in [6, 6.07) is -1.21. The summed E-state index contributed by atoms with van der Waals surface area (Å²) < 4.78 is 0. The standard InChI is InChI=1S/C29H47NO8/c1-15(4-8-22(32)30-21(27(37)38)7-9-23(33)34)17-5-6-18-24-19(11-13-28(17,18)2)29(3)12-10-16(31)14-20(29)25(35)26(24)36/h15-21,24-26,31,35-36H,4-14H2,1-3H3,(H,30,32)(H,33,34)(H,37,38). The van der Waals surface area contributed by atoms with Gasteiger partial charge in [0.1, 0.15) is 6.04 Å². The van der Waals surface area contributed by atoms with Crippen LogP contribution in [0.2, 0.25) is 0 Å². The Balaban J connectivity index is 1.41. The number of carbonyl (C=O) groups excluding carboxylic acids is 1. The largest absolute Gasteiger partial charge is 0.481 e. The second kappa shape index (κ2) is 11.0. The van der Waals surface area contributed by atoms with Gasteiger partial charge in [0.25, 0.3) is 0 Å². The second-order valence-electron chi connectivity index (χ2n) is 13.4. The lowest BCUT2D eigenvalue weighted by molar-refractivity contribution is -0.223. The molecule has 0 aromatic carbocycles. The first-order valence-corrected chi connectivity index (χ1v) is 14.6. The molecule has 12 unspecified atom stereocenters. The molecule has 0 spiro atoms. The van der Waals surface area contributed by atoms with Gasteiger partial charge in [-0.15, -0.1) is 0 Å². The first kappa shape index (κ1) is 29.3. The van der Waals surface area contributed by atoms with Crippen molar-refractivity contribution in [3.8, 4) is 0 Å². The van der Waals surface area contributed by atoms with Gasteiger partial charge < -0.3 is 30.8 Å². The molecule has 0 aromatic rings. The predicted octanol–water partition coefficient (Wildman–Crippen LogP) is 2.80. The molecule has 0 bridgehead atoms. The Bertz CT molecular complexity index is 911. The van der Waals surface area contributed by atoms with Crippen LogP contribution in [0.3, 0.4) is 0 Å². The van der Waals surface area contributed by atoms with Crippen molar-refractivity contribution in [2.75, 3.05) is 0 Å². The van der Waals surface area contributed by atoms with Gasteiger partial charge >= 0.3 is 11.9 Å². The minimum Gasteiger partial charge on any atom is -0.481 e. The third-order valence-electron chi connectivity index (χ3n) is 11.6. The smallest absolute Gasteiger partial charge is 0.326 e. The van der Waals surface area contributed by atoms with Gasteiger partial charge in [-0.2, -0.15) is 0 Å². The van der Waals surface area contributed by atoms with Crippen molar-refractivity contribution in [3.05, 3.63) is 0 Å². The maximum Gasteiger partial charge on any atom is 0.326 e. The minimum atomic E-state index is -1.23. The monoisotopic (exact) mass is 537 g/mol. The summed E-state index contributed by atoms with van der Waals surface area (Å²) in [5, 5.41) is 53.6. The van der Waals surface area contributed by atoms with Crippen molar-refractivity contribution in [1.82, 2.24) is 5.32 Å². The Morgan fingerprint density at radius 1 is 0.842 bits per heavy atom. The highest BCUT2D eigenvalue weighted by molar-refractivity contribution is 5.83. The van der Waals surface area contributed by atoms with Crippen LogP contribution >= 0.6 is 0 Å². The van der Waals surface area contributed by atoms with Crippen molar-refractivity contribution >= 4 is 17.8 Å². The van der Waals surface area contributed by atoms with Crippen molar-refractivity contribution in [3.63, 3.8) is 0 Å². The van der Waals surface area contributed by atoms with Gasteiger partial charge in [0, 0.05) is 12.8 Å². The maximum atomic E-state index is 12.5. The number of aliphatic hydroxyl groups excluding tert-OH is 3. The molecule has 0 aliphatic heterocycles. The van der Waals surface area contributed by atoms with Crippen LogP contribution in [0.25, 0.3) is 0 Å². The molecule has 38 heavy (non-hydrogen) atoms. The van der Waals surface area contributed by atoms with E-state index in [-0.39, 0.29) is 53.8 Å². The van der Waals surface area contributed by atoms with E-state index in [1.807, 2.05) is 0 Å². The molecule has 0 saturated heterocycles. The summed E-state index contributed by atoms with van der Waals surface area (Å²) >= 11 is 0. The van der Waals surface area contributed by atoms with Gasteiger partial charge in [-0.1, -0.05) is 20.8 Å². The molecule has 4 rings (SSSR count). The summed E-state index contributed by atoms with van der Waals surface area (Å²) in [6.07, 6.45) is 4.55. The Hall–Kier alpha value is -1.71. The van der Waals surface area contributed by atoms with E-state index in [0.717, 1.165) is 38.5 Å². The van der Waals surface area contributed by atoms with E-state index in [9.17, 15) is 34.8 Å². The van der Waals surface area contributed by atoms with E-state index in [1.165, 1.54) is 0 Å². The van der Waals surface area contributed by atoms with Gasteiger partial charge in [-0.25, -0.2) is 4.79 Å². The molecule has 216 valence electrons. The fourth-order valence-corrected chi connectivity index (χ4v) is 9.57. The molecule has 4 aliphatic carbocycles. The fourth-order valence-electron chi connectivity index (χ4n) is 9.57. The van der Waals surface area contributed by atoms with Crippen LogP contribution in [0.5, 0.6) is 0 Å². The lowest BCUT2D eigenvalue weighted by Crippen LogP contribution is -2.64. The summed E-state index contributed by atoms with van der Waals surface area (Å²) in [5.41, 5.74) is -0.0762. The number of fused-ring (bicyclic) bond motifs is 5. The van der Waals surface area contributed by atoms with Gasteiger partial charge in [-0.3, -0.25) is 9.59 Å². The number of hydrogen-bond acceptors (Lipinski definition) is 6. The molecule has 12 atom stereocenters. The van der Waals surface area contributed by atoms with Gasteiger partial charge in [0.15, 0.2) is 0 Å². The van der Waals surface area contributed by atoms with Gasteiger partial charge in [0.05, 0.1) is 18.3 Å². The van der Waals surface area contributed by atoms with E-state index < -0.39 is 36.3 Å². The van der Waals surface area contributed by atoms with E-state index in [2.05, 4.69) is 26.1 Å². The maximum absolute atomic E-state index is 12.5. The zero-order valence-corrected chi connectivity index (χ0v) is 23.0. The van der Waals surface area contributed by atoms with Crippen LogP contribution in [-0.2, 0) is 14.4 Å². The SMILES string of the molecule is CC(CCC(=O)NC(CCC(=O)O)C(=O)O)C1CCC2C3C(O)C(O)C4CC(O)CCC4(C)C3CCC12C. The Morgan fingerprint density at radius 2 is 1.50 bits per heavy atom. The number of amides is 1. The highest BCUT2D eigenvalue weighted by atomic mass is 16.4. The normalized spacial score (nSPS) is 43.7. The van der Waals surface area contributed by atoms with Crippen molar-refractivity contribution in [1.29, 1.82) is 0 Å². The molecule has 4 saturated carbocycles. The van der Waals surface area contributed by atoms with E-state index in [1.54, 1.807) is 0 Å². The Labute approximate surface area is 225 Å². The van der Waals surface area contributed by atoms with E-state index in [4.69, 9.17) is 5.11 Å². The molecule has 4 aliphatic rings. The highest BCUT2D eigenvalue weighted by Gasteiger charge is 2.65. The molecule has 4 fully saturated rings. The first-order valence-electron chi connectivity index (χ1n) is 14.6. The molecule has 9 heteroatoms. The highest BCUT2D eigenvalue weighted by Crippen LogP contribution is 2.68. The number of rotatable bonds is 9. The molecule has 0 heterocycles. The number of aliphatic carboxylic acids is 2. The van der Waals surface area contributed by atoms with Crippen LogP contribution in [0.4, 0.5) is 0 Å². The second-order valence-corrected chi connectivity index (χ2v) is 13.4. The number of carbonyl (C=O) groups is 3. The lowest BCUT2D eigenvalue weighted by atomic mass is 9.43. The molecule has 6 N–H and O–H groups in total. The summed E-state index contributed by atoms with van der Waals surface area (Å²) in [4.78, 5) is 34.8. The molecule has 0 aromatic heterocycles. The molecule has 1 amide bonds. The van der Waals surface area contributed by atoms with Gasteiger partial charge in [-0.05, 0) is 104 Å². The fraction of sp³-hybridized carbons (Fsp3) is 0.897. The number of hydrogen-bond donors (Lipinski definition) is 6. The average molecular weight is 538 g/mol. The van der Waals surface area contributed by atoms with Crippen molar-refractivity contribution < 1.29 is 39.9 Å². The van der Waals surface area contributed by atoms with Crippen LogP contribution in [-0.4, -0.2) is 67.7 Å². The number of carboxylic acids is 2. The first-order chi connectivity index (χ1) is 17.8. The molecule has 0 radical (unpaired) electrons. The van der Waals surface area contributed by atoms with Gasteiger partial charge in [0.2, 0.25) is 5.91 Å². The van der Waals surface area contributed by atoms with Crippen molar-refractivity contribution in [2.45, 2.75) is 116 Å². The van der Waals surface area contributed by atoms with E-state index >= 15 is 0 Å². The Morgan fingerprint density at radius 3 is 2.16 bits per heavy atom. The average Bonchev–Trinajstić information content (AvgIpc) is 3.21. The zero-order chi connectivity index (χ0) is 28.0. The predicted molar refractivity (Wildman–Crippen MR) is 139 cm³/mol. The van der Waals surface area contributed by atoms with E-state index in [0.29, 0.717) is 30.6 Å². The summed E-state index contributed by atoms with van der Waals surface area (Å²) in [6.45, 7) is 6.75. The molecule has 9 nitrogen and oxygen atoms in total. The number of carboxylic acid groups (broad SMARTS) is 2. The molecular formula is C29H47NO8. The Kier molecular flexibility index (Phi) is 8.51. The summed E-state index contributed by atoms with van der Waals surface area (Å²) in [7, 11) is 0. The van der Waals surface area contributed by atoms with Crippen LogP contribution < -0.4 is 5.32 Å². The van der Waals surface area contributed by atoms with Crippen molar-refractivity contribution in [2.24, 2.45) is 46.3 Å². The number of nitrogens with one attached hydrogen (secondary N) is 1. The third-order valence-corrected chi connectivity index (χ3v) is 11.6. The minimum absolute atomic E-state index is 0.000222. The van der Waals surface area contributed by atoms with Crippen LogP contribution in [0.1, 0.15) is 91.4 Å². The quantitative estimate of drug-likeness (QED) is 0.261. The summed E-state index contributed by atoms with van der Waals surface area (Å²) in [5.74, 6) is -1.52. The lowest BCUT2D eigenvalue weighted by Gasteiger charge is -2.63.